The monoisotopic (exact) mass is 655 g/mol. The van der Waals surface area contributed by atoms with E-state index in [-0.39, 0.29) is 23.9 Å². The summed E-state index contributed by atoms with van der Waals surface area (Å²) in [6.07, 6.45) is 8.59. The minimum Gasteiger partial charge on any atom is -0.389 e. The van der Waals surface area contributed by atoms with Crippen LogP contribution in [0.2, 0.25) is 0 Å². The van der Waals surface area contributed by atoms with E-state index in [0.29, 0.717) is 53.5 Å². The van der Waals surface area contributed by atoms with Gasteiger partial charge in [0.25, 0.3) is 0 Å². The maximum atomic E-state index is 14.1. The number of imidazole rings is 1. The van der Waals surface area contributed by atoms with Gasteiger partial charge in [-0.2, -0.15) is 5.26 Å². The molecule has 1 spiro atoms. The Morgan fingerprint density at radius 1 is 1.15 bits per heavy atom. The predicted molar refractivity (Wildman–Crippen MR) is 179 cm³/mol. The van der Waals surface area contributed by atoms with Gasteiger partial charge in [0.1, 0.15) is 16.6 Å². The number of nitriles is 1. The van der Waals surface area contributed by atoms with E-state index in [4.69, 9.17) is 30.1 Å². The lowest BCUT2D eigenvalue weighted by atomic mass is 9.63. The third kappa shape index (κ3) is 4.10. The highest BCUT2D eigenvalue weighted by atomic mass is 32.1. The molecule has 5 atom stereocenters. The molecule has 2 fully saturated rings. The van der Waals surface area contributed by atoms with Gasteiger partial charge in [0.15, 0.2) is 28.7 Å². The smallest absolute Gasteiger partial charge is 0.330 e. The number of nitrogens with zero attached hydrogens (tertiary/aromatic N) is 8. The molecule has 2 aliphatic carbocycles. The van der Waals surface area contributed by atoms with Crippen molar-refractivity contribution in [3.05, 3.63) is 37.8 Å². The molecule has 9 rings (SSSR count). The first kappa shape index (κ1) is 29.4. The van der Waals surface area contributed by atoms with Crippen LogP contribution in [0.4, 0.5) is 10.8 Å². The summed E-state index contributed by atoms with van der Waals surface area (Å²) < 4.78 is 16.0. The van der Waals surface area contributed by atoms with Crippen molar-refractivity contribution in [3.63, 3.8) is 0 Å². The summed E-state index contributed by atoms with van der Waals surface area (Å²) in [5.74, 6) is 2.12. The molecule has 7 heterocycles. The van der Waals surface area contributed by atoms with Gasteiger partial charge in [-0.15, -0.1) is 11.3 Å². The number of ether oxygens (including phenoxy) is 1. The molecule has 4 aromatic rings. The SMILES string of the molecule is CC1CC(n2c(=O)n3c4c(nc(-c5noc6c5CCCC65CCCc6sc(N)c(C#N)c65)nc42)N(C(C)C2CCCN2C)CC3)CO1. The first-order valence-corrected chi connectivity index (χ1v) is 18.0. The molecule has 4 aromatic heterocycles. The number of likely N-dealkylation sites (tertiary alicyclic amines) is 1. The molecule has 2 N–H and O–H groups in total. The van der Waals surface area contributed by atoms with Crippen molar-refractivity contribution >= 4 is 33.3 Å². The molecule has 2 saturated heterocycles. The van der Waals surface area contributed by atoms with Crippen LogP contribution in [0, 0.1) is 11.3 Å². The molecule has 0 saturated carbocycles. The number of aromatic nitrogens is 5. The van der Waals surface area contributed by atoms with Gasteiger partial charge in [0.05, 0.1) is 29.7 Å². The Hall–Kier alpha value is -3.73. The standard InChI is InChI=1S/C34H41N9O3S/c1-18-15-20(17-45-18)43-32-27-31(41(13-14-42(27)33(43)44)19(2)23-8-6-12-40(23)3)37-30(38-32)26-21-7-4-10-34(28(21)46-39-26)11-5-9-24-25(34)22(16-35)29(36)47-24/h18-20,23H,4-15,17,36H2,1-3H3. The number of nitrogen functional groups attached to an aromatic ring is 1. The number of nitrogens with two attached hydrogens (primary N) is 1. The molecular formula is C34H41N9O3S. The molecule has 13 heteroatoms. The van der Waals surface area contributed by atoms with Gasteiger partial charge in [-0.1, -0.05) is 5.16 Å². The predicted octanol–water partition coefficient (Wildman–Crippen LogP) is 4.37. The number of anilines is 2. The van der Waals surface area contributed by atoms with Crippen molar-refractivity contribution in [2.45, 2.75) is 108 Å². The van der Waals surface area contributed by atoms with Crippen molar-refractivity contribution < 1.29 is 9.26 Å². The molecule has 5 unspecified atom stereocenters. The molecule has 12 nitrogen and oxygen atoms in total. The minimum atomic E-state index is -0.430. The van der Waals surface area contributed by atoms with Gasteiger partial charge >= 0.3 is 5.69 Å². The molecule has 47 heavy (non-hydrogen) atoms. The third-order valence-electron chi connectivity index (χ3n) is 11.9. The highest BCUT2D eigenvalue weighted by Crippen LogP contribution is 2.55. The molecule has 0 aromatic carbocycles. The molecule has 246 valence electrons. The number of hydrogen-bond donors (Lipinski definition) is 1. The van der Waals surface area contributed by atoms with Crippen LogP contribution >= 0.6 is 11.3 Å². The lowest BCUT2D eigenvalue weighted by Crippen LogP contribution is -2.50. The first-order chi connectivity index (χ1) is 22.8. The quantitative estimate of drug-likeness (QED) is 0.336. The second kappa shape index (κ2) is 10.6. The summed E-state index contributed by atoms with van der Waals surface area (Å²) in [6.45, 7) is 7.22. The van der Waals surface area contributed by atoms with Crippen LogP contribution in [0.1, 0.15) is 92.2 Å². The van der Waals surface area contributed by atoms with E-state index in [2.05, 4.69) is 36.8 Å². The molecule has 3 aliphatic heterocycles. The Balaban J connectivity index is 1.24. The Bertz CT molecular complexity index is 2010. The number of thiophene rings is 1. The molecular weight excluding hydrogens is 615 g/mol. The molecule has 0 amide bonds. The van der Waals surface area contributed by atoms with E-state index < -0.39 is 5.41 Å². The summed E-state index contributed by atoms with van der Waals surface area (Å²) in [6, 6.07) is 2.93. The highest BCUT2D eigenvalue weighted by molar-refractivity contribution is 7.16. The van der Waals surface area contributed by atoms with Crippen LogP contribution in [0.3, 0.4) is 0 Å². The summed E-state index contributed by atoms with van der Waals surface area (Å²) in [7, 11) is 2.21. The normalized spacial score (nSPS) is 27.8. The number of fused-ring (bicyclic) bond motifs is 4. The van der Waals surface area contributed by atoms with Gasteiger partial charge in [0.2, 0.25) is 0 Å². The van der Waals surface area contributed by atoms with Gasteiger partial charge in [0, 0.05) is 35.6 Å². The Morgan fingerprint density at radius 2 is 1.98 bits per heavy atom. The number of aryl methyl sites for hydroxylation is 1. The van der Waals surface area contributed by atoms with E-state index in [1.807, 2.05) is 9.13 Å². The average molecular weight is 656 g/mol. The van der Waals surface area contributed by atoms with Gasteiger partial charge < -0.3 is 24.8 Å². The third-order valence-corrected chi connectivity index (χ3v) is 12.9. The van der Waals surface area contributed by atoms with Crippen LogP contribution in [0.5, 0.6) is 0 Å². The van der Waals surface area contributed by atoms with Gasteiger partial charge in [-0.25, -0.2) is 14.8 Å². The first-order valence-electron chi connectivity index (χ1n) is 17.2. The van der Waals surface area contributed by atoms with E-state index in [1.165, 1.54) is 11.3 Å². The summed E-state index contributed by atoms with van der Waals surface area (Å²) in [5.41, 5.74) is 10.7. The zero-order chi connectivity index (χ0) is 32.2. The van der Waals surface area contributed by atoms with E-state index in [1.54, 1.807) is 11.3 Å². The second-order valence-corrected chi connectivity index (χ2v) is 15.5. The Labute approximate surface area is 277 Å². The van der Waals surface area contributed by atoms with Gasteiger partial charge in [-0.3, -0.25) is 9.13 Å². The van der Waals surface area contributed by atoms with Crippen molar-refractivity contribution in [1.82, 2.24) is 29.2 Å². The lowest BCUT2D eigenvalue weighted by Gasteiger charge is -2.39. The number of likely N-dealkylation sites (N-methyl/N-ethyl adjacent to an activating group) is 1. The Morgan fingerprint density at radius 3 is 2.72 bits per heavy atom. The van der Waals surface area contributed by atoms with Crippen LogP contribution < -0.4 is 16.3 Å². The van der Waals surface area contributed by atoms with Crippen molar-refractivity contribution in [2.75, 3.05) is 37.4 Å². The van der Waals surface area contributed by atoms with Crippen molar-refractivity contribution in [3.8, 4) is 17.6 Å². The fourth-order valence-corrected chi connectivity index (χ4v) is 10.8. The maximum absolute atomic E-state index is 14.1. The molecule has 5 aliphatic rings. The minimum absolute atomic E-state index is 0.0457. The van der Waals surface area contributed by atoms with Crippen molar-refractivity contribution in [1.29, 1.82) is 5.26 Å². The second-order valence-electron chi connectivity index (χ2n) is 14.4. The van der Waals surface area contributed by atoms with Crippen LogP contribution in [0.15, 0.2) is 9.32 Å². The lowest BCUT2D eigenvalue weighted by molar-refractivity contribution is 0.120. The van der Waals surface area contributed by atoms with E-state index in [0.717, 1.165) is 86.1 Å². The highest BCUT2D eigenvalue weighted by Gasteiger charge is 2.49. The summed E-state index contributed by atoms with van der Waals surface area (Å²) in [4.78, 5) is 30.6. The van der Waals surface area contributed by atoms with Crippen LogP contribution in [0.25, 0.3) is 22.7 Å². The maximum Gasteiger partial charge on any atom is 0.330 e. The van der Waals surface area contributed by atoms with Crippen molar-refractivity contribution in [2.24, 2.45) is 0 Å². The topological polar surface area (TPSA) is 144 Å². The molecule has 0 radical (unpaired) electrons. The zero-order valence-electron chi connectivity index (χ0n) is 27.3. The largest absolute Gasteiger partial charge is 0.389 e. The number of rotatable bonds is 4. The summed E-state index contributed by atoms with van der Waals surface area (Å²) in [5, 5.41) is 15.5. The van der Waals surface area contributed by atoms with E-state index >= 15 is 0 Å². The van der Waals surface area contributed by atoms with Crippen LogP contribution in [-0.2, 0) is 29.5 Å². The zero-order valence-corrected chi connectivity index (χ0v) is 28.1. The molecule has 0 bridgehead atoms. The van der Waals surface area contributed by atoms with E-state index in [9.17, 15) is 10.1 Å². The van der Waals surface area contributed by atoms with Gasteiger partial charge in [-0.05, 0) is 90.8 Å². The van der Waals surface area contributed by atoms with Crippen LogP contribution in [-0.4, -0.2) is 74.1 Å². The fraction of sp³-hybridized carbons (Fsp3) is 0.618. The summed E-state index contributed by atoms with van der Waals surface area (Å²) >= 11 is 1.54. The number of hydrogen-bond acceptors (Lipinski definition) is 11. The fourth-order valence-electron chi connectivity index (χ4n) is 9.65. The Kier molecular flexibility index (Phi) is 6.66. The average Bonchev–Trinajstić information content (AvgIpc) is 3.89.